The Kier molecular flexibility index (Phi) is 8.61. The van der Waals surface area contributed by atoms with Crippen LogP contribution in [0.1, 0.15) is 57.2 Å². The van der Waals surface area contributed by atoms with E-state index in [-0.39, 0.29) is 0 Å². The second-order valence-electron chi connectivity index (χ2n) is 6.04. The minimum atomic E-state index is 0.637. The molecular formula is C21H29NOS. The van der Waals surface area contributed by atoms with Crippen LogP contribution in [0.3, 0.4) is 0 Å². The highest BCUT2D eigenvalue weighted by atomic mass is 32.1. The molecule has 1 aromatic carbocycles. The number of hydrogen-bond donors (Lipinski definition) is 0. The van der Waals surface area contributed by atoms with Crippen LogP contribution in [-0.2, 0) is 6.42 Å². The van der Waals surface area contributed by atoms with Gasteiger partial charge in [-0.15, -0.1) is 11.3 Å². The van der Waals surface area contributed by atoms with Gasteiger partial charge in [-0.2, -0.15) is 0 Å². The summed E-state index contributed by atoms with van der Waals surface area (Å²) in [4.78, 5) is 5.97. The van der Waals surface area contributed by atoms with Crippen molar-refractivity contribution in [1.82, 2.24) is 4.98 Å². The number of unbranched alkanes of at least 4 members (excludes halogenated alkanes) is 4. The first-order chi connectivity index (χ1) is 11.8. The largest absolute Gasteiger partial charge is 0.490 e. The molecule has 2 rings (SSSR count). The van der Waals surface area contributed by atoms with E-state index in [0.717, 1.165) is 23.6 Å². The summed E-state index contributed by atoms with van der Waals surface area (Å²) in [6.07, 6.45) is 15.0. The first-order valence-electron chi connectivity index (χ1n) is 9.16. The van der Waals surface area contributed by atoms with Crippen molar-refractivity contribution in [3.63, 3.8) is 0 Å². The fraction of sp³-hybridized carbons (Fsp3) is 0.476. The molecule has 3 heteroatoms. The number of aryl methyl sites for hydroxylation is 1. The van der Waals surface area contributed by atoms with E-state index in [1.165, 1.54) is 42.5 Å². The number of thiazole rings is 1. The lowest BCUT2D eigenvalue weighted by molar-refractivity contribution is 0.362. The normalized spacial score (nSPS) is 11.2. The number of nitrogens with zero attached hydrogens (tertiary/aromatic N) is 1. The van der Waals surface area contributed by atoms with Gasteiger partial charge in [0.1, 0.15) is 17.4 Å². The Morgan fingerprint density at radius 2 is 1.83 bits per heavy atom. The van der Waals surface area contributed by atoms with Crippen LogP contribution in [0.15, 0.2) is 42.6 Å². The van der Waals surface area contributed by atoms with Crippen LogP contribution in [0, 0.1) is 0 Å². The Morgan fingerprint density at radius 1 is 1.00 bits per heavy atom. The highest BCUT2D eigenvalue weighted by molar-refractivity contribution is 7.15. The summed E-state index contributed by atoms with van der Waals surface area (Å²) >= 11 is 1.81. The lowest BCUT2D eigenvalue weighted by atomic mass is 10.1. The van der Waals surface area contributed by atoms with Gasteiger partial charge in [0.15, 0.2) is 0 Å². The molecule has 1 aromatic heterocycles. The smallest absolute Gasteiger partial charge is 0.123 e. The maximum absolute atomic E-state index is 5.72. The zero-order valence-corrected chi connectivity index (χ0v) is 15.8. The molecule has 0 unspecified atom stereocenters. The van der Waals surface area contributed by atoms with Gasteiger partial charge < -0.3 is 4.74 Å². The summed E-state index contributed by atoms with van der Waals surface area (Å²) in [5.41, 5.74) is 1.17. The third-order valence-electron chi connectivity index (χ3n) is 3.90. The zero-order valence-electron chi connectivity index (χ0n) is 15.0. The van der Waals surface area contributed by atoms with Crippen molar-refractivity contribution in [1.29, 1.82) is 0 Å². The number of ether oxygens (including phenoxy) is 1. The molecule has 0 aliphatic carbocycles. The van der Waals surface area contributed by atoms with E-state index in [1.807, 2.05) is 29.7 Å². The summed E-state index contributed by atoms with van der Waals surface area (Å²) in [5, 5.41) is 1.11. The fourth-order valence-corrected chi connectivity index (χ4v) is 3.43. The lowest BCUT2D eigenvalue weighted by Gasteiger charge is -2.03. The number of rotatable bonds is 11. The number of benzene rings is 1. The molecule has 0 fully saturated rings. The molecule has 0 saturated heterocycles. The van der Waals surface area contributed by atoms with Crippen LogP contribution in [0.5, 0.6) is 5.75 Å². The highest BCUT2D eigenvalue weighted by Gasteiger charge is 2.05. The van der Waals surface area contributed by atoms with E-state index in [9.17, 15) is 0 Å². The van der Waals surface area contributed by atoms with E-state index in [2.05, 4.69) is 43.1 Å². The minimum Gasteiger partial charge on any atom is -0.490 e. The van der Waals surface area contributed by atoms with E-state index in [1.54, 1.807) is 0 Å². The van der Waals surface area contributed by atoms with Gasteiger partial charge in [0.25, 0.3) is 0 Å². The van der Waals surface area contributed by atoms with Crippen molar-refractivity contribution in [2.45, 2.75) is 58.8 Å². The third-order valence-corrected chi connectivity index (χ3v) is 5.01. The Labute approximate surface area is 150 Å². The minimum absolute atomic E-state index is 0.637. The van der Waals surface area contributed by atoms with E-state index < -0.39 is 0 Å². The number of allylic oxidation sites excluding steroid dienone is 1. The second-order valence-corrected chi connectivity index (χ2v) is 7.15. The van der Waals surface area contributed by atoms with Crippen LogP contribution < -0.4 is 4.74 Å². The molecule has 0 N–H and O–H groups in total. The van der Waals surface area contributed by atoms with Gasteiger partial charge in [0.2, 0.25) is 0 Å². The van der Waals surface area contributed by atoms with Gasteiger partial charge in [0.05, 0.1) is 0 Å². The van der Waals surface area contributed by atoms with Gasteiger partial charge in [-0.25, -0.2) is 4.98 Å². The molecule has 0 spiro atoms. The van der Waals surface area contributed by atoms with Gasteiger partial charge in [0, 0.05) is 16.6 Å². The molecule has 1 heterocycles. The first-order valence-corrected chi connectivity index (χ1v) is 9.98. The molecule has 0 aliphatic heterocycles. The maximum atomic E-state index is 5.72. The van der Waals surface area contributed by atoms with E-state index >= 15 is 0 Å². The van der Waals surface area contributed by atoms with Crippen molar-refractivity contribution in [2.24, 2.45) is 0 Å². The predicted octanol–water partition coefficient (Wildman–Crippen LogP) is 6.67. The van der Waals surface area contributed by atoms with Crippen molar-refractivity contribution >= 4 is 11.3 Å². The van der Waals surface area contributed by atoms with Crippen LogP contribution in [0.25, 0.3) is 10.6 Å². The van der Waals surface area contributed by atoms with Crippen LogP contribution >= 0.6 is 11.3 Å². The molecule has 0 aliphatic rings. The predicted molar refractivity (Wildman–Crippen MR) is 105 cm³/mol. The Hall–Kier alpha value is -1.61. The molecule has 130 valence electrons. The second kappa shape index (κ2) is 11.0. The van der Waals surface area contributed by atoms with E-state index in [0.29, 0.717) is 6.61 Å². The molecule has 24 heavy (non-hydrogen) atoms. The molecular weight excluding hydrogens is 314 g/mol. The number of hydrogen-bond acceptors (Lipinski definition) is 3. The molecule has 0 bridgehead atoms. The van der Waals surface area contributed by atoms with Crippen molar-refractivity contribution in [3.05, 3.63) is 47.5 Å². The van der Waals surface area contributed by atoms with Gasteiger partial charge in [-0.3, -0.25) is 0 Å². The average molecular weight is 344 g/mol. The third kappa shape index (κ3) is 6.48. The molecule has 0 radical (unpaired) electrons. The molecule has 0 atom stereocenters. The van der Waals surface area contributed by atoms with Crippen LogP contribution in [0.4, 0.5) is 0 Å². The van der Waals surface area contributed by atoms with Crippen molar-refractivity contribution < 1.29 is 4.74 Å². The van der Waals surface area contributed by atoms with Crippen LogP contribution in [-0.4, -0.2) is 11.6 Å². The van der Waals surface area contributed by atoms with Crippen molar-refractivity contribution in [3.8, 4) is 16.3 Å². The molecule has 2 nitrogen and oxygen atoms in total. The summed E-state index contributed by atoms with van der Waals surface area (Å²) in [7, 11) is 0. The summed E-state index contributed by atoms with van der Waals surface area (Å²) in [6.45, 7) is 5.07. The average Bonchev–Trinajstić information content (AvgIpc) is 3.08. The fourth-order valence-electron chi connectivity index (χ4n) is 2.47. The van der Waals surface area contributed by atoms with Gasteiger partial charge >= 0.3 is 0 Å². The molecule has 0 saturated carbocycles. The maximum Gasteiger partial charge on any atom is 0.123 e. The van der Waals surface area contributed by atoms with Crippen LogP contribution in [0.2, 0.25) is 0 Å². The van der Waals surface area contributed by atoms with Gasteiger partial charge in [-0.05, 0) is 43.5 Å². The summed E-state index contributed by atoms with van der Waals surface area (Å²) in [5.74, 6) is 0.913. The summed E-state index contributed by atoms with van der Waals surface area (Å²) in [6, 6.07) is 8.27. The summed E-state index contributed by atoms with van der Waals surface area (Å²) < 4.78 is 5.72. The Bertz CT molecular complexity index is 601. The van der Waals surface area contributed by atoms with Crippen molar-refractivity contribution in [2.75, 3.05) is 6.61 Å². The Balaban J connectivity index is 1.83. The molecule has 2 aromatic rings. The lowest BCUT2D eigenvalue weighted by Crippen LogP contribution is -1.92. The monoisotopic (exact) mass is 343 g/mol. The standard InChI is InChI=1S/C21H29NOS/c1-3-5-7-9-11-20-17-22-21(24-20)18-12-14-19(15-13-18)23-16-10-8-6-4-2/h8,10,12-15,17H,3-7,9,11,16H2,1-2H3. The SMILES string of the molecule is CCCC=CCOc1ccc(-c2ncc(CCCCCC)s2)cc1. The quantitative estimate of drug-likeness (QED) is 0.336. The highest BCUT2D eigenvalue weighted by Crippen LogP contribution is 2.27. The topological polar surface area (TPSA) is 22.1 Å². The first kappa shape index (κ1) is 18.7. The zero-order chi connectivity index (χ0) is 17.0. The number of aromatic nitrogens is 1. The van der Waals surface area contributed by atoms with E-state index in [4.69, 9.17) is 4.74 Å². The van der Waals surface area contributed by atoms with Gasteiger partial charge in [-0.1, -0.05) is 51.7 Å². The Morgan fingerprint density at radius 3 is 2.58 bits per heavy atom. The molecule has 0 amide bonds.